The number of thiophene rings is 1. The van der Waals surface area contributed by atoms with Crippen molar-refractivity contribution in [2.75, 3.05) is 5.43 Å². The summed E-state index contributed by atoms with van der Waals surface area (Å²) in [5.74, 6) is -0.785. The van der Waals surface area contributed by atoms with E-state index in [-0.39, 0.29) is 6.42 Å². The van der Waals surface area contributed by atoms with Gasteiger partial charge in [-0.25, -0.2) is 0 Å². The minimum Gasteiger partial charge on any atom is -0.481 e. The third-order valence-corrected chi connectivity index (χ3v) is 3.17. The Morgan fingerprint density at radius 2 is 2.00 bits per heavy atom. The Labute approximate surface area is 97.1 Å². The monoisotopic (exact) mass is 236 g/mol. The van der Waals surface area contributed by atoms with Crippen LogP contribution in [0, 0.1) is 0 Å². The maximum absolute atomic E-state index is 10.5. The first-order valence-corrected chi connectivity index (χ1v) is 5.72. The smallest absolute Gasteiger partial charge is 0.308 e. The van der Waals surface area contributed by atoms with Gasteiger partial charge in [0.15, 0.2) is 0 Å². The second-order valence-electron chi connectivity index (χ2n) is 3.36. The Hall–Kier alpha value is -1.75. The average Bonchev–Trinajstić information content (AvgIpc) is 2.84. The Morgan fingerprint density at radius 3 is 2.69 bits per heavy atom. The van der Waals surface area contributed by atoms with Crippen LogP contribution in [0.2, 0.25) is 0 Å². The van der Waals surface area contributed by atoms with Gasteiger partial charge in [0.05, 0.1) is 13.0 Å². The lowest BCUT2D eigenvalue weighted by Crippen LogP contribution is -2.10. The molecular formula is C11H12N2O2S. The molecule has 0 aliphatic carbocycles. The van der Waals surface area contributed by atoms with Gasteiger partial charge in [0, 0.05) is 22.1 Å². The summed E-state index contributed by atoms with van der Waals surface area (Å²) >= 11 is 1.53. The number of aromatic nitrogens is 1. The van der Waals surface area contributed by atoms with Gasteiger partial charge in [0.1, 0.15) is 0 Å². The Bertz CT molecular complexity index is 462. The lowest BCUT2D eigenvalue weighted by atomic mass is 10.3. The summed E-state index contributed by atoms with van der Waals surface area (Å²) in [5, 5.41) is 8.64. The van der Waals surface area contributed by atoms with E-state index in [0.29, 0.717) is 6.54 Å². The van der Waals surface area contributed by atoms with E-state index >= 15 is 0 Å². The Kier molecular flexibility index (Phi) is 3.26. The Morgan fingerprint density at radius 1 is 1.31 bits per heavy atom. The third kappa shape index (κ3) is 2.87. The van der Waals surface area contributed by atoms with E-state index < -0.39 is 5.97 Å². The van der Waals surface area contributed by atoms with Crippen molar-refractivity contribution >= 4 is 17.3 Å². The number of nitrogens with one attached hydrogen (secondary N) is 1. The maximum Gasteiger partial charge on any atom is 0.308 e. The minimum atomic E-state index is -0.785. The van der Waals surface area contributed by atoms with Crippen LogP contribution >= 0.6 is 11.3 Å². The number of aliphatic carboxylic acids is 1. The number of rotatable bonds is 5. The minimum absolute atomic E-state index is 0.105. The molecule has 0 spiro atoms. The van der Waals surface area contributed by atoms with Crippen LogP contribution in [-0.2, 0) is 17.8 Å². The van der Waals surface area contributed by atoms with Crippen molar-refractivity contribution in [2.45, 2.75) is 13.0 Å². The highest BCUT2D eigenvalue weighted by atomic mass is 32.1. The number of carboxylic acids is 1. The number of hydrogen-bond donors (Lipinski definition) is 2. The molecule has 0 aliphatic rings. The largest absolute Gasteiger partial charge is 0.481 e. The summed E-state index contributed by atoms with van der Waals surface area (Å²) in [5.41, 5.74) is 3.19. The van der Waals surface area contributed by atoms with E-state index in [0.717, 1.165) is 9.75 Å². The van der Waals surface area contributed by atoms with Gasteiger partial charge in [-0.1, -0.05) is 0 Å². The molecule has 2 aromatic rings. The van der Waals surface area contributed by atoms with Gasteiger partial charge < -0.3 is 10.5 Å². The van der Waals surface area contributed by atoms with Crippen molar-refractivity contribution in [3.63, 3.8) is 0 Å². The fraction of sp³-hybridized carbons (Fsp3) is 0.182. The van der Waals surface area contributed by atoms with Gasteiger partial charge in [-0.2, -0.15) is 0 Å². The predicted molar refractivity (Wildman–Crippen MR) is 63.2 cm³/mol. The number of hydrogen-bond acceptors (Lipinski definition) is 3. The van der Waals surface area contributed by atoms with Crippen LogP contribution in [0.1, 0.15) is 9.75 Å². The molecule has 2 N–H and O–H groups in total. The average molecular weight is 236 g/mol. The zero-order valence-electron chi connectivity index (χ0n) is 8.59. The molecule has 0 saturated carbocycles. The predicted octanol–water partition coefficient (Wildman–Crippen LogP) is 1.92. The summed E-state index contributed by atoms with van der Waals surface area (Å²) in [4.78, 5) is 12.5. The summed E-state index contributed by atoms with van der Waals surface area (Å²) in [6, 6.07) is 7.71. The molecule has 4 nitrogen and oxygen atoms in total. The molecule has 0 unspecified atom stereocenters. The van der Waals surface area contributed by atoms with E-state index in [4.69, 9.17) is 5.11 Å². The number of carbonyl (C=O) groups is 1. The fourth-order valence-electron chi connectivity index (χ4n) is 1.37. The van der Waals surface area contributed by atoms with Gasteiger partial charge in [-0.15, -0.1) is 11.3 Å². The van der Waals surface area contributed by atoms with Crippen LogP contribution in [0.5, 0.6) is 0 Å². The SMILES string of the molecule is O=C(O)Cc1ccc(CNn2cccc2)s1. The highest BCUT2D eigenvalue weighted by Crippen LogP contribution is 2.17. The fourth-order valence-corrected chi connectivity index (χ4v) is 2.31. The molecule has 0 saturated heterocycles. The molecule has 5 heteroatoms. The molecule has 2 aromatic heterocycles. The van der Waals surface area contributed by atoms with E-state index in [1.165, 1.54) is 11.3 Å². The lowest BCUT2D eigenvalue weighted by molar-refractivity contribution is -0.136. The second-order valence-corrected chi connectivity index (χ2v) is 4.62. The maximum atomic E-state index is 10.5. The first-order valence-electron chi connectivity index (χ1n) is 4.90. The van der Waals surface area contributed by atoms with E-state index in [1.807, 2.05) is 41.3 Å². The van der Waals surface area contributed by atoms with Crippen molar-refractivity contribution in [3.8, 4) is 0 Å². The molecule has 0 fully saturated rings. The highest BCUT2D eigenvalue weighted by molar-refractivity contribution is 7.12. The summed E-state index contributed by atoms with van der Waals surface area (Å²) in [6.07, 6.45) is 3.95. The summed E-state index contributed by atoms with van der Waals surface area (Å²) < 4.78 is 1.87. The zero-order valence-corrected chi connectivity index (χ0v) is 9.41. The molecule has 2 heterocycles. The summed E-state index contributed by atoms with van der Waals surface area (Å²) in [7, 11) is 0. The molecule has 0 bridgehead atoms. The molecule has 0 atom stereocenters. The topological polar surface area (TPSA) is 54.3 Å². The normalized spacial score (nSPS) is 10.2. The van der Waals surface area contributed by atoms with Gasteiger partial charge in [0.25, 0.3) is 0 Å². The molecule has 0 aliphatic heterocycles. The number of nitrogens with zero attached hydrogens (tertiary/aromatic N) is 1. The number of carboxylic acid groups (broad SMARTS) is 1. The first kappa shape index (κ1) is 10.8. The zero-order chi connectivity index (χ0) is 11.4. The summed E-state index contributed by atoms with van der Waals surface area (Å²) in [6.45, 7) is 0.707. The quantitative estimate of drug-likeness (QED) is 0.834. The molecular weight excluding hydrogens is 224 g/mol. The van der Waals surface area contributed by atoms with Crippen LogP contribution in [0.3, 0.4) is 0 Å². The molecule has 0 amide bonds. The van der Waals surface area contributed by atoms with Gasteiger partial charge in [0.2, 0.25) is 0 Å². The Balaban J connectivity index is 1.90. The van der Waals surface area contributed by atoms with Crippen LogP contribution in [0.4, 0.5) is 0 Å². The third-order valence-electron chi connectivity index (χ3n) is 2.08. The van der Waals surface area contributed by atoms with Crippen LogP contribution < -0.4 is 5.43 Å². The van der Waals surface area contributed by atoms with E-state index in [9.17, 15) is 4.79 Å². The molecule has 0 radical (unpaired) electrons. The van der Waals surface area contributed by atoms with Crippen molar-refractivity contribution < 1.29 is 9.90 Å². The molecule has 0 aromatic carbocycles. The molecule has 84 valence electrons. The van der Waals surface area contributed by atoms with Crippen LogP contribution in [0.15, 0.2) is 36.7 Å². The van der Waals surface area contributed by atoms with Gasteiger partial charge >= 0.3 is 5.97 Å². The van der Waals surface area contributed by atoms with Crippen molar-refractivity contribution in [2.24, 2.45) is 0 Å². The highest BCUT2D eigenvalue weighted by Gasteiger charge is 2.04. The van der Waals surface area contributed by atoms with E-state index in [2.05, 4.69) is 5.43 Å². The first-order chi connectivity index (χ1) is 7.74. The standard InChI is InChI=1S/C11H12N2O2S/c14-11(15)7-9-3-4-10(16-9)8-12-13-5-1-2-6-13/h1-6,12H,7-8H2,(H,14,15). The van der Waals surface area contributed by atoms with Crippen molar-refractivity contribution in [1.82, 2.24) is 4.68 Å². The van der Waals surface area contributed by atoms with Crippen LogP contribution in [0.25, 0.3) is 0 Å². The van der Waals surface area contributed by atoms with Crippen molar-refractivity contribution in [1.29, 1.82) is 0 Å². The van der Waals surface area contributed by atoms with Gasteiger partial charge in [-0.05, 0) is 24.3 Å². The lowest BCUT2D eigenvalue weighted by Gasteiger charge is -2.04. The second kappa shape index (κ2) is 4.85. The molecule has 16 heavy (non-hydrogen) atoms. The molecule has 2 rings (SSSR count). The van der Waals surface area contributed by atoms with Crippen molar-refractivity contribution in [3.05, 3.63) is 46.4 Å². The van der Waals surface area contributed by atoms with Crippen LogP contribution in [-0.4, -0.2) is 15.8 Å². The van der Waals surface area contributed by atoms with Gasteiger partial charge in [-0.3, -0.25) is 9.47 Å². The van der Waals surface area contributed by atoms with E-state index in [1.54, 1.807) is 0 Å².